The maximum atomic E-state index is 5.62. The Balaban J connectivity index is 2.25. The first-order chi connectivity index (χ1) is 8.61. The number of nitrogens with zero attached hydrogens (tertiary/aromatic N) is 4. The quantitative estimate of drug-likeness (QED) is 0.651. The van der Waals surface area contributed by atoms with Gasteiger partial charge in [0.25, 0.3) is 0 Å². The van der Waals surface area contributed by atoms with E-state index >= 15 is 0 Å². The summed E-state index contributed by atoms with van der Waals surface area (Å²) in [5, 5.41) is 11.9. The summed E-state index contributed by atoms with van der Waals surface area (Å²) in [4.78, 5) is 1.44. The number of nitrogens with two attached hydrogens (primary N) is 1. The Morgan fingerprint density at radius 2 is 2.28 bits per heavy atom. The predicted molar refractivity (Wildman–Crippen MR) is 71.4 cm³/mol. The number of rotatable bonds is 4. The summed E-state index contributed by atoms with van der Waals surface area (Å²) in [5.41, 5.74) is 5.05. The van der Waals surface area contributed by atoms with Crippen molar-refractivity contribution in [1.82, 2.24) is 25.6 Å². The van der Waals surface area contributed by atoms with Crippen LogP contribution in [-0.4, -0.2) is 20.2 Å². The van der Waals surface area contributed by atoms with Crippen molar-refractivity contribution < 1.29 is 0 Å². The maximum absolute atomic E-state index is 5.62. The normalized spacial score (nSPS) is 12.7. The van der Waals surface area contributed by atoms with Crippen LogP contribution in [0.5, 0.6) is 0 Å². The molecule has 2 rings (SSSR count). The molecular weight excluding hydrogens is 296 g/mol. The average molecular weight is 311 g/mol. The fourth-order valence-corrected chi connectivity index (χ4v) is 2.33. The molecule has 96 valence electrons. The Bertz CT molecular complexity index is 538. The Kier molecular flexibility index (Phi) is 4.05. The Hall–Kier alpha value is -1.31. The molecule has 1 aromatic carbocycles. The van der Waals surface area contributed by atoms with Crippen LogP contribution in [0.25, 0.3) is 0 Å². The van der Waals surface area contributed by atoms with E-state index in [-0.39, 0.29) is 6.04 Å². The van der Waals surface area contributed by atoms with Gasteiger partial charge in [-0.3, -0.25) is 11.3 Å². The molecule has 1 unspecified atom stereocenters. The van der Waals surface area contributed by atoms with Gasteiger partial charge >= 0.3 is 0 Å². The summed E-state index contributed by atoms with van der Waals surface area (Å²) in [6, 6.07) is 6.02. The second kappa shape index (κ2) is 5.55. The zero-order valence-corrected chi connectivity index (χ0v) is 11.8. The minimum absolute atomic E-state index is 0.0523. The van der Waals surface area contributed by atoms with Gasteiger partial charge in [0.2, 0.25) is 0 Å². The van der Waals surface area contributed by atoms with Crippen LogP contribution in [0.15, 0.2) is 22.7 Å². The van der Waals surface area contributed by atoms with Crippen molar-refractivity contribution in [2.75, 3.05) is 0 Å². The molecule has 1 heterocycles. The third-order valence-corrected chi connectivity index (χ3v) is 3.82. The molecule has 1 aromatic heterocycles. The largest absolute Gasteiger partial charge is 0.271 e. The molecule has 0 radical (unpaired) electrons. The van der Waals surface area contributed by atoms with Crippen LogP contribution in [0, 0.1) is 6.92 Å². The third-order valence-electron chi connectivity index (χ3n) is 2.73. The molecule has 0 spiro atoms. The van der Waals surface area contributed by atoms with Gasteiger partial charge < -0.3 is 0 Å². The van der Waals surface area contributed by atoms with Gasteiger partial charge in [0, 0.05) is 10.9 Å². The van der Waals surface area contributed by atoms with Crippen LogP contribution >= 0.6 is 15.9 Å². The Labute approximate surface area is 114 Å². The van der Waals surface area contributed by atoms with Crippen LogP contribution < -0.4 is 11.3 Å². The highest BCUT2D eigenvalue weighted by Gasteiger charge is 2.17. The van der Waals surface area contributed by atoms with Crippen molar-refractivity contribution >= 4 is 15.9 Å². The molecule has 0 saturated carbocycles. The molecule has 0 aliphatic rings. The molecular formula is C11H15BrN6. The topological polar surface area (TPSA) is 81.7 Å². The lowest BCUT2D eigenvalue weighted by atomic mass is 10.0. The van der Waals surface area contributed by atoms with Gasteiger partial charge in [-0.1, -0.05) is 34.1 Å². The highest BCUT2D eigenvalue weighted by Crippen LogP contribution is 2.27. The smallest absolute Gasteiger partial charge is 0.176 e. The number of nitrogens with one attached hydrogen (secondary N) is 1. The second-order valence-corrected chi connectivity index (χ2v) is 4.89. The number of tetrazole rings is 1. The van der Waals surface area contributed by atoms with E-state index in [0.717, 1.165) is 10.0 Å². The number of hydrogen-bond acceptors (Lipinski definition) is 5. The van der Waals surface area contributed by atoms with Crippen LogP contribution in [0.1, 0.15) is 23.0 Å². The van der Waals surface area contributed by atoms with Gasteiger partial charge in [-0.15, -0.1) is 10.2 Å². The van der Waals surface area contributed by atoms with E-state index in [1.54, 1.807) is 7.05 Å². The highest BCUT2D eigenvalue weighted by atomic mass is 79.9. The zero-order chi connectivity index (χ0) is 13.1. The third kappa shape index (κ3) is 2.74. The standard InChI is InChI=1S/C11H15BrN6/c1-7-4-3-5-8(11(7)12)9(14-13)6-10-15-17-18(2)16-10/h3-5,9,14H,6,13H2,1-2H3. The lowest BCUT2D eigenvalue weighted by molar-refractivity contribution is 0.534. The molecule has 7 heteroatoms. The zero-order valence-electron chi connectivity index (χ0n) is 10.3. The minimum atomic E-state index is -0.0523. The molecule has 0 aliphatic carbocycles. The molecule has 0 bridgehead atoms. The number of hydrazine groups is 1. The lowest BCUT2D eigenvalue weighted by Crippen LogP contribution is -2.30. The van der Waals surface area contributed by atoms with Gasteiger partial charge in [-0.2, -0.15) is 4.80 Å². The van der Waals surface area contributed by atoms with Gasteiger partial charge in [0.05, 0.1) is 13.1 Å². The van der Waals surface area contributed by atoms with E-state index in [4.69, 9.17) is 5.84 Å². The molecule has 6 nitrogen and oxygen atoms in total. The summed E-state index contributed by atoms with van der Waals surface area (Å²) < 4.78 is 1.05. The number of halogens is 1. The monoisotopic (exact) mass is 310 g/mol. The molecule has 2 aromatic rings. The molecule has 0 aliphatic heterocycles. The number of benzene rings is 1. The van der Waals surface area contributed by atoms with E-state index in [2.05, 4.69) is 36.8 Å². The second-order valence-electron chi connectivity index (χ2n) is 4.10. The highest BCUT2D eigenvalue weighted by molar-refractivity contribution is 9.10. The van der Waals surface area contributed by atoms with E-state index < -0.39 is 0 Å². The SMILES string of the molecule is Cc1cccc(C(Cc2nnn(C)n2)NN)c1Br. The molecule has 0 saturated heterocycles. The first-order valence-electron chi connectivity index (χ1n) is 5.56. The number of hydrogen-bond donors (Lipinski definition) is 2. The van der Waals surface area contributed by atoms with E-state index in [0.29, 0.717) is 12.2 Å². The van der Waals surface area contributed by atoms with Crippen LogP contribution in [0.4, 0.5) is 0 Å². The van der Waals surface area contributed by atoms with Crippen LogP contribution in [-0.2, 0) is 13.5 Å². The first kappa shape index (κ1) is 13.1. The van der Waals surface area contributed by atoms with Crippen molar-refractivity contribution in [3.05, 3.63) is 39.6 Å². The average Bonchev–Trinajstić information content (AvgIpc) is 2.76. The van der Waals surface area contributed by atoms with Crippen molar-refractivity contribution in [3.63, 3.8) is 0 Å². The predicted octanol–water partition coefficient (Wildman–Crippen LogP) is 1.03. The molecule has 1 atom stereocenters. The van der Waals surface area contributed by atoms with Crippen molar-refractivity contribution in [2.24, 2.45) is 12.9 Å². The van der Waals surface area contributed by atoms with Gasteiger partial charge in [-0.25, -0.2) is 0 Å². The summed E-state index contributed by atoms with van der Waals surface area (Å²) in [6.45, 7) is 2.04. The number of aromatic nitrogens is 4. The minimum Gasteiger partial charge on any atom is -0.271 e. The molecule has 18 heavy (non-hydrogen) atoms. The summed E-state index contributed by atoms with van der Waals surface area (Å²) in [6.07, 6.45) is 0.590. The summed E-state index contributed by atoms with van der Waals surface area (Å²) >= 11 is 3.58. The van der Waals surface area contributed by atoms with E-state index in [9.17, 15) is 0 Å². The van der Waals surface area contributed by atoms with Crippen LogP contribution in [0.2, 0.25) is 0 Å². The van der Waals surface area contributed by atoms with E-state index in [1.165, 1.54) is 10.4 Å². The molecule has 0 fully saturated rings. The Morgan fingerprint density at radius 3 is 2.89 bits per heavy atom. The van der Waals surface area contributed by atoms with Crippen molar-refractivity contribution in [2.45, 2.75) is 19.4 Å². The fraction of sp³-hybridized carbons (Fsp3) is 0.364. The van der Waals surface area contributed by atoms with Crippen molar-refractivity contribution in [1.29, 1.82) is 0 Å². The maximum Gasteiger partial charge on any atom is 0.176 e. The van der Waals surface area contributed by atoms with E-state index in [1.807, 2.05) is 25.1 Å². The first-order valence-corrected chi connectivity index (χ1v) is 6.35. The van der Waals surface area contributed by atoms with Crippen LogP contribution in [0.3, 0.4) is 0 Å². The van der Waals surface area contributed by atoms with Gasteiger partial charge in [0.1, 0.15) is 0 Å². The molecule has 3 N–H and O–H groups in total. The number of aryl methyl sites for hydroxylation is 2. The van der Waals surface area contributed by atoms with Gasteiger partial charge in [0.15, 0.2) is 5.82 Å². The Morgan fingerprint density at radius 1 is 1.50 bits per heavy atom. The molecule has 0 amide bonds. The fourth-order valence-electron chi connectivity index (χ4n) is 1.79. The summed E-state index contributed by atoms with van der Waals surface area (Å²) in [5.74, 6) is 6.29. The van der Waals surface area contributed by atoms with Gasteiger partial charge in [-0.05, 0) is 23.3 Å². The lowest BCUT2D eigenvalue weighted by Gasteiger charge is -2.17. The van der Waals surface area contributed by atoms with Crippen molar-refractivity contribution in [3.8, 4) is 0 Å². The summed E-state index contributed by atoms with van der Waals surface area (Å²) in [7, 11) is 1.74.